The van der Waals surface area contributed by atoms with Crippen molar-refractivity contribution in [3.8, 4) is 0 Å². The Labute approximate surface area is 232 Å². The van der Waals surface area contributed by atoms with E-state index in [4.69, 9.17) is 9.47 Å². The first-order chi connectivity index (χ1) is 15.8. The standard InChI is InChI=1S/C22H35N3O7S2.Na/c1-6-17-15-31-12-11-25(17)18-13-16(14-19(23-18)33(27)28)22(34(5,29)30)7-9-24(10-8-22)20(26)32-21(2,3)4;/h13-14,17H,6-12,15H2,1-5H3,(H,27,28);/q;+1/p-1/t17-;/m0./s1. The Morgan fingerprint density at radius 2 is 1.91 bits per heavy atom. The number of carbonyl (C=O) groups excluding carboxylic acids is 1. The van der Waals surface area contributed by atoms with Crippen LogP contribution in [0.3, 0.4) is 0 Å². The maximum absolute atomic E-state index is 13.2. The number of sulfone groups is 1. The quantitative estimate of drug-likeness (QED) is 0.349. The number of pyridine rings is 1. The van der Waals surface area contributed by atoms with Gasteiger partial charge in [-0.2, -0.15) is 0 Å². The first kappa shape index (κ1) is 30.5. The number of hydrogen-bond donors (Lipinski definition) is 0. The molecule has 1 unspecified atom stereocenters. The van der Waals surface area contributed by atoms with E-state index in [1.54, 1.807) is 26.8 Å². The van der Waals surface area contributed by atoms with Crippen molar-refractivity contribution in [1.82, 2.24) is 9.88 Å². The fourth-order valence-corrected chi connectivity index (χ4v) is 6.39. The first-order valence-electron chi connectivity index (χ1n) is 11.4. The molecular weight excluding hydrogens is 505 g/mol. The Bertz CT molecular complexity index is 1040. The van der Waals surface area contributed by atoms with Crippen LogP contribution in [0.25, 0.3) is 0 Å². The molecule has 2 fully saturated rings. The number of amides is 1. The molecule has 1 aromatic rings. The summed E-state index contributed by atoms with van der Waals surface area (Å²) in [5.41, 5.74) is -0.284. The van der Waals surface area contributed by atoms with Gasteiger partial charge in [0.05, 0.1) is 19.3 Å². The van der Waals surface area contributed by atoms with E-state index in [-0.39, 0.29) is 66.6 Å². The Balaban J connectivity index is 0.00000432. The predicted molar refractivity (Wildman–Crippen MR) is 127 cm³/mol. The number of nitrogens with zero attached hydrogens (tertiary/aromatic N) is 3. The van der Waals surface area contributed by atoms with Crippen LogP contribution in [0.4, 0.5) is 10.6 Å². The van der Waals surface area contributed by atoms with Gasteiger partial charge in [0.25, 0.3) is 0 Å². The summed E-state index contributed by atoms with van der Waals surface area (Å²) >= 11 is -2.64. The molecule has 3 rings (SSSR count). The van der Waals surface area contributed by atoms with Gasteiger partial charge >= 0.3 is 35.7 Å². The molecular formula is C22H34N3NaO7S2. The molecule has 13 heteroatoms. The number of morpholine rings is 1. The van der Waals surface area contributed by atoms with Gasteiger partial charge in [0.2, 0.25) is 0 Å². The number of carbonyl (C=O) groups is 1. The van der Waals surface area contributed by atoms with Gasteiger partial charge in [0.15, 0.2) is 9.84 Å². The topological polar surface area (TPSA) is 129 Å². The Morgan fingerprint density at radius 1 is 1.29 bits per heavy atom. The smallest absolute Gasteiger partial charge is 0.767 e. The van der Waals surface area contributed by atoms with Gasteiger partial charge in [0.1, 0.15) is 21.2 Å². The maximum Gasteiger partial charge on any atom is 1.00 e. The molecule has 0 radical (unpaired) electrons. The minimum atomic E-state index is -3.68. The molecule has 35 heavy (non-hydrogen) atoms. The predicted octanol–water partition coefficient (Wildman–Crippen LogP) is -0.790. The second-order valence-electron chi connectivity index (χ2n) is 9.85. The van der Waals surface area contributed by atoms with E-state index in [1.165, 1.54) is 11.0 Å². The molecule has 0 spiro atoms. The number of rotatable bonds is 5. The van der Waals surface area contributed by atoms with Crippen LogP contribution in [0, 0.1) is 0 Å². The van der Waals surface area contributed by atoms with E-state index >= 15 is 0 Å². The largest absolute Gasteiger partial charge is 1.00 e. The molecule has 0 N–H and O–H groups in total. The molecule has 2 aliphatic rings. The van der Waals surface area contributed by atoms with Gasteiger partial charge in [-0.3, -0.25) is 4.21 Å². The van der Waals surface area contributed by atoms with E-state index in [0.29, 0.717) is 31.1 Å². The average molecular weight is 540 g/mol. The first-order valence-corrected chi connectivity index (χ1v) is 14.4. The molecule has 3 heterocycles. The normalized spacial score (nSPS) is 21.7. The van der Waals surface area contributed by atoms with Crippen LogP contribution < -0.4 is 34.5 Å². The van der Waals surface area contributed by atoms with Gasteiger partial charge in [-0.25, -0.2) is 18.2 Å². The van der Waals surface area contributed by atoms with Crippen LogP contribution in [0.2, 0.25) is 0 Å². The van der Waals surface area contributed by atoms with Gasteiger partial charge < -0.3 is 23.8 Å². The number of piperidine rings is 1. The van der Waals surface area contributed by atoms with E-state index in [9.17, 15) is 22.0 Å². The van der Waals surface area contributed by atoms with Gasteiger partial charge in [-0.1, -0.05) is 6.92 Å². The van der Waals surface area contributed by atoms with Crippen molar-refractivity contribution in [3.05, 3.63) is 17.7 Å². The molecule has 1 aromatic heterocycles. The summed E-state index contributed by atoms with van der Waals surface area (Å²) in [5, 5.41) is -0.202. The van der Waals surface area contributed by atoms with Gasteiger partial charge in [0, 0.05) is 25.9 Å². The van der Waals surface area contributed by atoms with Crippen LogP contribution in [0.1, 0.15) is 52.5 Å². The monoisotopic (exact) mass is 539 g/mol. The van der Waals surface area contributed by atoms with Crippen molar-refractivity contribution < 1.29 is 61.0 Å². The number of ether oxygens (including phenoxy) is 2. The summed E-state index contributed by atoms with van der Waals surface area (Å²) in [6.07, 6.45) is 1.68. The summed E-state index contributed by atoms with van der Waals surface area (Å²) in [6, 6.07) is 3.04. The minimum absolute atomic E-state index is 0. The van der Waals surface area contributed by atoms with Crippen molar-refractivity contribution in [3.63, 3.8) is 0 Å². The van der Waals surface area contributed by atoms with Crippen LogP contribution in [0.15, 0.2) is 17.2 Å². The molecule has 1 amide bonds. The third kappa shape index (κ3) is 6.97. The molecule has 0 bridgehead atoms. The van der Waals surface area contributed by atoms with Gasteiger partial charge in [-0.15, -0.1) is 0 Å². The van der Waals surface area contributed by atoms with Crippen molar-refractivity contribution in [1.29, 1.82) is 0 Å². The number of likely N-dealkylation sites (tertiary alicyclic amines) is 1. The Kier molecular flexibility index (Phi) is 10.2. The van der Waals surface area contributed by atoms with Crippen LogP contribution in [0.5, 0.6) is 0 Å². The van der Waals surface area contributed by atoms with Crippen LogP contribution in [-0.4, -0.2) is 83.9 Å². The van der Waals surface area contributed by atoms with Crippen LogP contribution in [-0.2, 0) is 35.1 Å². The fourth-order valence-electron chi connectivity index (χ4n) is 4.53. The minimum Gasteiger partial charge on any atom is -0.767 e. The molecule has 2 saturated heterocycles. The zero-order chi connectivity index (χ0) is 25.3. The average Bonchev–Trinajstić information content (AvgIpc) is 2.76. The van der Waals surface area contributed by atoms with E-state index in [1.807, 2.05) is 11.8 Å². The summed E-state index contributed by atoms with van der Waals surface area (Å²) in [5.74, 6) is 0.421. The Morgan fingerprint density at radius 3 is 2.43 bits per heavy atom. The summed E-state index contributed by atoms with van der Waals surface area (Å²) < 4.78 is 59.8. The van der Waals surface area contributed by atoms with Gasteiger partial charge in [-0.05, 0) is 68.8 Å². The van der Waals surface area contributed by atoms with Crippen molar-refractivity contribution in [2.24, 2.45) is 0 Å². The third-order valence-corrected chi connectivity index (χ3v) is 9.02. The summed E-state index contributed by atoms with van der Waals surface area (Å²) in [6.45, 7) is 9.15. The second kappa shape index (κ2) is 11.7. The third-order valence-electron chi connectivity index (χ3n) is 6.41. The second-order valence-corrected chi connectivity index (χ2v) is 13.1. The molecule has 2 aliphatic heterocycles. The number of hydrogen-bond acceptors (Lipinski definition) is 9. The number of aromatic nitrogens is 1. The molecule has 0 aliphatic carbocycles. The van der Waals surface area contributed by atoms with Crippen LogP contribution >= 0.6 is 0 Å². The molecule has 192 valence electrons. The van der Waals surface area contributed by atoms with E-state index < -0.39 is 37.4 Å². The summed E-state index contributed by atoms with van der Waals surface area (Å²) in [4.78, 5) is 20.3. The van der Waals surface area contributed by atoms with Crippen molar-refractivity contribution in [2.75, 3.05) is 44.0 Å². The molecule has 0 aromatic carbocycles. The zero-order valence-corrected chi connectivity index (χ0v) is 25.0. The maximum atomic E-state index is 13.2. The molecule has 10 nitrogen and oxygen atoms in total. The fraction of sp³-hybridized carbons (Fsp3) is 0.727. The SMILES string of the molecule is CC[C@H]1COCCN1c1cc(C2(S(C)(=O)=O)CCN(C(=O)OC(C)(C)C)CC2)cc(S(=O)[O-])n1.[Na+]. The van der Waals surface area contributed by atoms with E-state index in [0.717, 1.165) is 12.7 Å². The summed E-state index contributed by atoms with van der Waals surface area (Å²) in [7, 11) is -3.68. The molecule has 2 atom stereocenters. The molecule has 0 saturated carbocycles. The van der Waals surface area contributed by atoms with Crippen molar-refractivity contribution in [2.45, 2.75) is 68.4 Å². The zero-order valence-electron chi connectivity index (χ0n) is 21.4. The van der Waals surface area contributed by atoms with E-state index in [2.05, 4.69) is 4.98 Å². The number of anilines is 1. The van der Waals surface area contributed by atoms with Crippen molar-refractivity contribution >= 4 is 32.8 Å². The Hall–Kier alpha value is -0.760.